The topological polar surface area (TPSA) is 37.4 Å². The minimum absolute atomic E-state index is 0.0397. The molecule has 2 amide bonds. The molecule has 1 aliphatic rings. The maximum atomic E-state index is 11.7. The molecule has 1 aromatic carbocycles. The van der Waals surface area contributed by atoms with E-state index in [1.54, 1.807) is 0 Å². The summed E-state index contributed by atoms with van der Waals surface area (Å²) >= 11 is 0. The van der Waals surface area contributed by atoms with Crippen LogP contribution in [0.5, 0.6) is 0 Å². The van der Waals surface area contributed by atoms with Crippen LogP contribution < -0.4 is 0 Å². The van der Waals surface area contributed by atoms with Crippen LogP contribution in [0.1, 0.15) is 36.0 Å². The minimum Gasteiger partial charge on any atom is -0.278 e. The molecular weight excluding hydrogens is 214 g/mol. The zero-order valence-electron chi connectivity index (χ0n) is 10.3. The summed E-state index contributed by atoms with van der Waals surface area (Å²) in [5, 5.41) is 0. The van der Waals surface area contributed by atoms with Crippen molar-refractivity contribution in [2.45, 2.75) is 39.7 Å². The molecule has 1 aliphatic heterocycles. The van der Waals surface area contributed by atoms with Gasteiger partial charge in [-0.3, -0.25) is 14.5 Å². The Kier molecular flexibility index (Phi) is 3.27. The normalized spacial score (nSPS) is 16.5. The predicted octanol–water partition coefficient (Wildman–Crippen LogP) is 2.34. The smallest absolute Gasteiger partial charge is 0.229 e. The van der Waals surface area contributed by atoms with Crippen molar-refractivity contribution in [2.24, 2.45) is 0 Å². The average Bonchev–Trinajstić information content (AvgIpc) is 2.28. The Balaban J connectivity index is 2.21. The fourth-order valence-corrected chi connectivity index (χ4v) is 2.12. The third-order valence-corrected chi connectivity index (χ3v) is 3.22. The van der Waals surface area contributed by atoms with Crippen molar-refractivity contribution >= 4 is 11.8 Å². The van der Waals surface area contributed by atoms with E-state index < -0.39 is 0 Å². The van der Waals surface area contributed by atoms with Crippen molar-refractivity contribution < 1.29 is 9.59 Å². The van der Waals surface area contributed by atoms with E-state index in [4.69, 9.17) is 0 Å². The number of aryl methyl sites for hydroxylation is 2. The van der Waals surface area contributed by atoms with Gasteiger partial charge in [-0.25, -0.2) is 0 Å². The van der Waals surface area contributed by atoms with Gasteiger partial charge in [0.1, 0.15) is 0 Å². The fraction of sp³-hybridized carbons (Fsp3) is 0.429. The van der Waals surface area contributed by atoms with Crippen molar-refractivity contribution in [1.82, 2.24) is 4.90 Å². The SMILES string of the molecule is Cc1ccc(C)c(CN2C(=O)CCCC2=O)c1. The van der Waals surface area contributed by atoms with Gasteiger partial charge < -0.3 is 0 Å². The predicted molar refractivity (Wildman–Crippen MR) is 65.3 cm³/mol. The van der Waals surface area contributed by atoms with E-state index in [2.05, 4.69) is 0 Å². The van der Waals surface area contributed by atoms with E-state index in [1.165, 1.54) is 4.90 Å². The van der Waals surface area contributed by atoms with E-state index in [0.717, 1.165) is 16.7 Å². The van der Waals surface area contributed by atoms with Gasteiger partial charge in [-0.2, -0.15) is 0 Å². The maximum Gasteiger partial charge on any atom is 0.229 e. The van der Waals surface area contributed by atoms with Crippen LogP contribution in [0.3, 0.4) is 0 Å². The van der Waals surface area contributed by atoms with Gasteiger partial charge in [-0.1, -0.05) is 23.8 Å². The highest BCUT2D eigenvalue weighted by Crippen LogP contribution is 2.18. The second-order valence-corrected chi connectivity index (χ2v) is 4.66. The fourth-order valence-electron chi connectivity index (χ4n) is 2.12. The molecule has 2 rings (SSSR count). The highest BCUT2D eigenvalue weighted by atomic mass is 16.2. The summed E-state index contributed by atoms with van der Waals surface area (Å²) in [7, 11) is 0. The van der Waals surface area contributed by atoms with Gasteiger partial charge in [0, 0.05) is 12.8 Å². The van der Waals surface area contributed by atoms with Gasteiger partial charge in [0.15, 0.2) is 0 Å². The van der Waals surface area contributed by atoms with Crippen molar-refractivity contribution in [3.8, 4) is 0 Å². The summed E-state index contributed by atoms with van der Waals surface area (Å²) in [6, 6.07) is 6.12. The monoisotopic (exact) mass is 231 g/mol. The Labute approximate surface area is 101 Å². The lowest BCUT2D eigenvalue weighted by molar-refractivity contribution is -0.148. The van der Waals surface area contributed by atoms with E-state index >= 15 is 0 Å². The number of amides is 2. The zero-order chi connectivity index (χ0) is 12.4. The molecule has 0 saturated carbocycles. The Bertz CT molecular complexity index is 449. The van der Waals surface area contributed by atoms with Crippen LogP contribution in [0.15, 0.2) is 18.2 Å². The third-order valence-electron chi connectivity index (χ3n) is 3.22. The second kappa shape index (κ2) is 4.70. The first kappa shape index (κ1) is 11.8. The van der Waals surface area contributed by atoms with Crippen molar-refractivity contribution in [1.29, 1.82) is 0 Å². The van der Waals surface area contributed by atoms with Crippen LogP contribution in [-0.4, -0.2) is 16.7 Å². The second-order valence-electron chi connectivity index (χ2n) is 4.66. The van der Waals surface area contributed by atoms with Gasteiger partial charge in [-0.15, -0.1) is 0 Å². The molecule has 1 fully saturated rings. The number of piperidine rings is 1. The number of hydrogen-bond acceptors (Lipinski definition) is 2. The molecule has 1 aromatic rings. The Morgan fingerprint density at radius 2 is 1.76 bits per heavy atom. The summed E-state index contributed by atoms with van der Waals surface area (Å²) < 4.78 is 0. The first-order valence-electron chi connectivity index (χ1n) is 5.97. The molecule has 90 valence electrons. The van der Waals surface area contributed by atoms with Crippen LogP contribution in [0, 0.1) is 13.8 Å². The molecular formula is C14H17NO2. The van der Waals surface area contributed by atoms with Crippen molar-refractivity contribution in [3.63, 3.8) is 0 Å². The van der Waals surface area contributed by atoms with E-state index in [0.29, 0.717) is 25.8 Å². The zero-order valence-corrected chi connectivity index (χ0v) is 10.3. The molecule has 17 heavy (non-hydrogen) atoms. The first-order valence-corrected chi connectivity index (χ1v) is 5.97. The van der Waals surface area contributed by atoms with Crippen molar-refractivity contribution in [2.75, 3.05) is 0 Å². The highest BCUT2D eigenvalue weighted by molar-refractivity contribution is 5.97. The van der Waals surface area contributed by atoms with Gasteiger partial charge in [0.05, 0.1) is 6.54 Å². The average molecular weight is 231 g/mol. The molecule has 1 heterocycles. The molecule has 0 spiro atoms. The molecule has 3 nitrogen and oxygen atoms in total. The number of benzene rings is 1. The molecule has 0 atom stereocenters. The lowest BCUT2D eigenvalue weighted by Crippen LogP contribution is -2.39. The van der Waals surface area contributed by atoms with Gasteiger partial charge in [0.2, 0.25) is 11.8 Å². The Hall–Kier alpha value is -1.64. The van der Waals surface area contributed by atoms with Crippen LogP contribution in [0.25, 0.3) is 0 Å². The number of hydrogen-bond donors (Lipinski definition) is 0. The molecule has 0 bridgehead atoms. The number of rotatable bonds is 2. The lowest BCUT2D eigenvalue weighted by Gasteiger charge is -2.25. The number of carbonyl (C=O) groups is 2. The van der Waals surface area contributed by atoms with E-state index in [-0.39, 0.29) is 11.8 Å². The van der Waals surface area contributed by atoms with Gasteiger partial charge in [0.25, 0.3) is 0 Å². The molecule has 0 radical (unpaired) electrons. The number of nitrogens with zero attached hydrogens (tertiary/aromatic N) is 1. The quantitative estimate of drug-likeness (QED) is 0.733. The molecule has 0 aliphatic carbocycles. The number of likely N-dealkylation sites (tertiary alicyclic amines) is 1. The molecule has 0 unspecified atom stereocenters. The van der Waals surface area contributed by atoms with Crippen LogP contribution in [0.4, 0.5) is 0 Å². The Morgan fingerprint density at radius 1 is 1.12 bits per heavy atom. The summed E-state index contributed by atoms with van der Waals surface area (Å²) in [4.78, 5) is 24.8. The summed E-state index contributed by atoms with van der Waals surface area (Å²) in [5.41, 5.74) is 3.35. The molecule has 0 N–H and O–H groups in total. The third kappa shape index (κ3) is 2.54. The molecule has 1 saturated heterocycles. The summed E-state index contributed by atoms with van der Waals surface area (Å²) in [5.74, 6) is -0.0793. The summed E-state index contributed by atoms with van der Waals surface area (Å²) in [6.45, 7) is 4.45. The van der Waals surface area contributed by atoms with Crippen LogP contribution >= 0.6 is 0 Å². The van der Waals surface area contributed by atoms with E-state index in [1.807, 2.05) is 32.0 Å². The van der Waals surface area contributed by atoms with Gasteiger partial charge in [-0.05, 0) is 31.4 Å². The van der Waals surface area contributed by atoms with Crippen LogP contribution in [0.2, 0.25) is 0 Å². The maximum absolute atomic E-state index is 11.7. The lowest BCUT2D eigenvalue weighted by atomic mass is 10.0. The van der Waals surface area contributed by atoms with E-state index in [9.17, 15) is 9.59 Å². The minimum atomic E-state index is -0.0397. The Morgan fingerprint density at radius 3 is 2.41 bits per heavy atom. The standard InChI is InChI=1S/C14H17NO2/c1-10-6-7-11(2)12(8-10)9-15-13(16)4-3-5-14(15)17/h6-8H,3-5,9H2,1-2H3. The van der Waals surface area contributed by atoms with Gasteiger partial charge >= 0.3 is 0 Å². The highest BCUT2D eigenvalue weighted by Gasteiger charge is 2.26. The molecule has 0 aromatic heterocycles. The summed E-state index contributed by atoms with van der Waals surface area (Å²) in [6.07, 6.45) is 1.69. The largest absolute Gasteiger partial charge is 0.278 e. The number of imide groups is 1. The number of carbonyl (C=O) groups excluding carboxylic acids is 2. The van der Waals surface area contributed by atoms with Crippen LogP contribution in [-0.2, 0) is 16.1 Å². The first-order chi connectivity index (χ1) is 8.08. The molecule has 3 heteroatoms. The van der Waals surface area contributed by atoms with Crippen molar-refractivity contribution in [3.05, 3.63) is 34.9 Å².